The van der Waals surface area contributed by atoms with Gasteiger partial charge in [0.05, 0.1) is 41.3 Å². The third-order valence-corrected chi connectivity index (χ3v) is 13.9. The summed E-state index contributed by atoms with van der Waals surface area (Å²) in [5.41, 5.74) is 12.0. The zero-order valence-electron chi connectivity index (χ0n) is 36.3. The van der Waals surface area contributed by atoms with E-state index in [0.29, 0.717) is 24.9 Å². The van der Waals surface area contributed by atoms with E-state index in [0.717, 1.165) is 85.1 Å². The molecule has 2 aliphatic carbocycles. The highest BCUT2D eigenvalue weighted by Crippen LogP contribution is 2.42. The van der Waals surface area contributed by atoms with E-state index in [1.807, 2.05) is 37.5 Å². The number of aliphatic hydroxyl groups excluding tert-OH is 1. The van der Waals surface area contributed by atoms with Crippen molar-refractivity contribution in [3.05, 3.63) is 93.6 Å². The van der Waals surface area contributed by atoms with Gasteiger partial charge in [-0.15, -0.1) is 0 Å². The SMILES string of the molecule is COC(=O)NC(C(=O)N1CCCC1c1nc2ccc(C3Cc4cc5c(cc4C3)CC(c3ccc4nc(C6CCCN6C(=O)C(NC(=O)CO)C(C)C)[nH]c4c3)C5)cc2[nH]1)C(C)C. The van der Waals surface area contributed by atoms with E-state index in [9.17, 15) is 24.3 Å². The molecule has 2 fully saturated rings. The molecule has 5 aromatic rings. The first-order valence-corrected chi connectivity index (χ1v) is 22.4. The topological polar surface area (TPSA) is 186 Å². The number of hydrogen-bond donors (Lipinski definition) is 5. The van der Waals surface area contributed by atoms with Gasteiger partial charge in [-0.3, -0.25) is 14.4 Å². The van der Waals surface area contributed by atoms with Crippen LogP contribution in [-0.2, 0) is 44.8 Å². The summed E-state index contributed by atoms with van der Waals surface area (Å²) < 4.78 is 4.80. The van der Waals surface area contributed by atoms with Gasteiger partial charge < -0.3 is 40.2 Å². The molecular formula is C48H58N8O6. The summed E-state index contributed by atoms with van der Waals surface area (Å²) in [4.78, 5) is 72.1. The highest BCUT2D eigenvalue weighted by Gasteiger charge is 2.39. The zero-order valence-corrected chi connectivity index (χ0v) is 36.3. The number of hydrogen-bond acceptors (Lipinski definition) is 8. The van der Waals surface area contributed by atoms with Crippen LogP contribution in [0.2, 0.25) is 0 Å². The number of rotatable bonds is 11. The molecule has 2 saturated heterocycles. The van der Waals surface area contributed by atoms with Gasteiger partial charge in [-0.2, -0.15) is 0 Å². The minimum Gasteiger partial charge on any atom is -0.453 e. The first kappa shape index (κ1) is 41.6. The van der Waals surface area contributed by atoms with Crippen LogP contribution in [0.4, 0.5) is 4.79 Å². The maximum absolute atomic E-state index is 13.7. The molecule has 2 aromatic heterocycles. The van der Waals surface area contributed by atoms with E-state index in [1.165, 1.54) is 40.5 Å². The molecule has 0 spiro atoms. The molecule has 5 N–H and O–H groups in total. The third kappa shape index (κ3) is 7.82. The second-order valence-corrected chi connectivity index (χ2v) is 18.6. The van der Waals surface area contributed by atoms with Crippen molar-refractivity contribution in [2.75, 3.05) is 26.8 Å². The Morgan fingerprint density at radius 1 is 0.694 bits per heavy atom. The number of fused-ring (bicyclic) bond motifs is 4. The number of benzene rings is 3. The zero-order chi connectivity index (χ0) is 43.4. The molecule has 0 bridgehead atoms. The predicted octanol–water partition coefficient (Wildman–Crippen LogP) is 6.04. The van der Waals surface area contributed by atoms with E-state index in [1.54, 1.807) is 0 Å². The maximum Gasteiger partial charge on any atom is 0.407 e. The predicted molar refractivity (Wildman–Crippen MR) is 234 cm³/mol. The summed E-state index contributed by atoms with van der Waals surface area (Å²) >= 11 is 0. The van der Waals surface area contributed by atoms with Gasteiger partial charge in [-0.05, 0) is 133 Å². The summed E-state index contributed by atoms with van der Waals surface area (Å²) in [6.07, 6.45) is 6.67. The molecule has 3 aromatic carbocycles. The lowest BCUT2D eigenvalue weighted by Crippen LogP contribution is -2.51. The molecule has 9 rings (SSSR count). The molecular weight excluding hydrogens is 785 g/mol. The fourth-order valence-electron chi connectivity index (χ4n) is 10.6. The smallest absolute Gasteiger partial charge is 0.407 e. The summed E-state index contributed by atoms with van der Waals surface area (Å²) in [5, 5.41) is 14.7. The van der Waals surface area contributed by atoms with Gasteiger partial charge in [-0.25, -0.2) is 14.8 Å². The van der Waals surface area contributed by atoms with Crippen LogP contribution in [0.5, 0.6) is 0 Å². The van der Waals surface area contributed by atoms with Crippen molar-refractivity contribution < 1.29 is 29.0 Å². The van der Waals surface area contributed by atoms with E-state index in [2.05, 4.69) is 69.1 Å². The van der Waals surface area contributed by atoms with Crippen molar-refractivity contribution in [2.45, 2.75) is 115 Å². The molecule has 4 unspecified atom stereocenters. The number of carbonyl (C=O) groups is 4. The quantitative estimate of drug-likeness (QED) is 0.107. The van der Waals surface area contributed by atoms with Crippen LogP contribution in [0.1, 0.15) is 122 Å². The second kappa shape index (κ2) is 16.8. The van der Waals surface area contributed by atoms with Gasteiger partial charge >= 0.3 is 6.09 Å². The van der Waals surface area contributed by atoms with Crippen molar-refractivity contribution >= 4 is 45.9 Å². The number of aromatic amines is 2. The van der Waals surface area contributed by atoms with Crippen LogP contribution in [-0.4, -0.2) is 97.5 Å². The van der Waals surface area contributed by atoms with E-state index in [-0.39, 0.29) is 35.7 Å². The largest absolute Gasteiger partial charge is 0.453 e. The third-order valence-electron chi connectivity index (χ3n) is 13.9. The lowest BCUT2D eigenvalue weighted by molar-refractivity contribution is -0.139. The number of nitrogens with zero attached hydrogens (tertiary/aromatic N) is 4. The van der Waals surface area contributed by atoms with E-state index < -0.39 is 30.7 Å². The van der Waals surface area contributed by atoms with Crippen LogP contribution < -0.4 is 10.6 Å². The van der Waals surface area contributed by atoms with E-state index in [4.69, 9.17) is 14.7 Å². The minimum absolute atomic E-state index is 0.0939. The maximum atomic E-state index is 13.7. The number of aromatic nitrogens is 4. The number of nitrogens with one attached hydrogen (secondary N) is 4. The second-order valence-electron chi connectivity index (χ2n) is 18.6. The van der Waals surface area contributed by atoms with Crippen LogP contribution in [0.3, 0.4) is 0 Å². The molecule has 4 heterocycles. The lowest BCUT2D eigenvalue weighted by Gasteiger charge is -2.30. The first-order chi connectivity index (χ1) is 29.9. The van der Waals surface area contributed by atoms with Gasteiger partial charge in [0.1, 0.15) is 30.3 Å². The lowest BCUT2D eigenvalue weighted by atomic mass is 9.95. The van der Waals surface area contributed by atoms with Crippen LogP contribution in [0.25, 0.3) is 22.1 Å². The fourth-order valence-corrected chi connectivity index (χ4v) is 10.6. The molecule has 0 radical (unpaired) electrons. The number of alkyl carbamates (subject to hydrolysis) is 1. The Balaban J connectivity index is 0.861. The van der Waals surface area contributed by atoms with Gasteiger partial charge in [0.25, 0.3) is 0 Å². The van der Waals surface area contributed by atoms with Crippen LogP contribution in [0.15, 0.2) is 48.5 Å². The minimum atomic E-state index is -0.707. The number of ether oxygens (including phenoxy) is 1. The Kier molecular flexibility index (Phi) is 11.3. The molecule has 2 aliphatic heterocycles. The Labute approximate surface area is 361 Å². The average Bonchev–Trinajstić information content (AvgIpc) is 4.12. The van der Waals surface area contributed by atoms with Crippen LogP contribution >= 0.6 is 0 Å². The van der Waals surface area contributed by atoms with Gasteiger partial charge in [-0.1, -0.05) is 52.0 Å². The summed E-state index contributed by atoms with van der Waals surface area (Å²) in [5.74, 6) is 1.27. The Bertz CT molecular complexity index is 2340. The Morgan fingerprint density at radius 2 is 1.13 bits per heavy atom. The van der Waals surface area contributed by atoms with Crippen molar-refractivity contribution in [1.29, 1.82) is 0 Å². The molecule has 62 heavy (non-hydrogen) atoms. The number of methoxy groups -OCH3 is 1. The number of carbonyl (C=O) groups excluding carboxylic acids is 4. The number of aliphatic hydroxyl groups is 1. The number of H-pyrrole nitrogens is 2. The average molecular weight is 843 g/mol. The number of amides is 4. The van der Waals surface area contributed by atoms with Gasteiger partial charge in [0, 0.05) is 13.1 Å². The van der Waals surface area contributed by atoms with Crippen molar-refractivity contribution in [3.63, 3.8) is 0 Å². The van der Waals surface area contributed by atoms with Gasteiger partial charge in [0.2, 0.25) is 17.7 Å². The molecule has 0 saturated carbocycles. The molecule has 4 aliphatic rings. The van der Waals surface area contributed by atoms with Crippen molar-refractivity contribution in [1.82, 2.24) is 40.4 Å². The fraction of sp³-hybridized carbons (Fsp3) is 0.500. The summed E-state index contributed by atoms with van der Waals surface area (Å²) in [7, 11) is 1.31. The summed E-state index contributed by atoms with van der Waals surface area (Å²) in [6.45, 7) is 8.20. The normalized spacial score (nSPS) is 20.1. The summed E-state index contributed by atoms with van der Waals surface area (Å²) in [6, 6.07) is 16.2. The molecule has 326 valence electrons. The van der Waals surface area contributed by atoms with E-state index >= 15 is 0 Å². The van der Waals surface area contributed by atoms with Gasteiger partial charge in [0.15, 0.2) is 0 Å². The highest BCUT2D eigenvalue weighted by atomic mass is 16.5. The van der Waals surface area contributed by atoms with Crippen molar-refractivity contribution in [3.8, 4) is 0 Å². The highest BCUT2D eigenvalue weighted by molar-refractivity contribution is 5.89. The Morgan fingerprint density at radius 3 is 1.53 bits per heavy atom. The molecule has 4 atom stereocenters. The van der Waals surface area contributed by atoms with Crippen molar-refractivity contribution in [2.24, 2.45) is 11.8 Å². The molecule has 14 heteroatoms. The van der Waals surface area contributed by atoms with Crippen LogP contribution in [0, 0.1) is 11.8 Å². The first-order valence-electron chi connectivity index (χ1n) is 22.4. The Hall–Kier alpha value is -5.76. The number of imidazole rings is 2. The number of likely N-dealkylation sites (tertiary alicyclic amines) is 2. The molecule has 14 nitrogen and oxygen atoms in total. The molecule has 4 amide bonds. The standard InChI is InChI=1S/C48H58N8O6/c1-25(2)42(53-41(58)24-57)46(59)55-14-6-8-39(55)44-49-35-12-10-27(22-37(35)51-44)29-16-31-20-33-18-30(19-34(33)21-32(31)17-29)28-11-13-36-38(23-28)52-45(50-36)40-9-7-15-56(40)47(60)43(26(3)4)54-48(61)62-5/h10-13,20-23,25-26,29-30,39-40,42-43,57H,6-9,14-19,24H2,1-5H3,(H,49,51)(H,50,52)(H,53,58)(H,54,61). The monoisotopic (exact) mass is 842 g/mol.